The van der Waals surface area contributed by atoms with Crippen molar-refractivity contribution >= 4 is 42.4 Å². The second kappa shape index (κ2) is 11.2. The van der Waals surface area contributed by atoms with Gasteiger partial charge in [0.2, 0.25) is 5.91 Å². The molecule has 0 fully saturated rings. The van der Waals surface area contributed by atoms with Gasteiger partial charge in [0, 0.05) is 13.0 Å². The maximum absolute atomic E-state index is 13.2. The molecular formula is C25H33N3O3S2. The Morgan fingerprint density at radius 1 is 1.03 bits per heavy atom. The van der Waals surface area contributed by atoms with E-state index in [2.05, 4.69) is 17.9 Å². The minimum absolute atomic E-state index is 0.0484. The Bertz CT molecular complexity index is 1190. The minimum atomic E-state index is -3.41. The third kappa shape index (κ3) is 6.62. The number of fused-ring (bicyclic) bond motifs is 1. The number of sulfone groups is 1. The van der Waals surface area contributed by atoms with E-state index in [1.807, 2.05) is 33.2 Å². The SMILES string of the molecule is CCc1cccc2sc(N(CCCN(C)C)C(=O)CCCS(=O)(=O)c3ccc(C)cc3)nc12. The molecule has 8 heteroatoms. The molecule has 0 aliphatic heterocycles. The van der Waals surface area contributed by atoms with Crippen LogP contribution in [0, 0.1) is 6.92 Å². The normalized spacial score (nSPS) is 11.9. The molecule has 0 unspecified atom stereocenters. The summed E-state index contributed by atoms with van der Waals surface area (Å²) in [6.07, 6.45) is 2.15. The number of para-hydroxylation sites is 1. The fourth-order valence-electron chi connectivity index (χ4n) is 3.68. The van der Waals surface area contributed by atoms with E-state index in [-0.39, 0.29) is 24.5 Å². The molecule has 178 valence electrons. The lowest BCUT2D eigenvalue weighted by Crippen LogP contribution is -2.33. The topological polar surface area (TPSA) is 70.6 Å². The molecule has 0 N–H and O–H groups in total. The molecule has 0 atom stereocenters. The third-order valence-corrected chi connectivity index (χ3v) is 8.44. The van der Waals surface area contributed by atoms with Crippen LogP contribution in [0.2, 0.25) is 0 Å². The number of nitrogens with zero attached hydrogens (tertiary/aromatic N) is 3. The Balaban J connectivity index is 1.73. The van der Waals surface area contributed by atoms with Gasteiger partial charge in [-0.25, -0.2) is 13.4 Å². The molecule has 0 bridgehead atoms. The maximum atomic E-state index is 13.2. The summed E-state index contributed by atoms with van der Waals surface area (Å²) < 4.78 is 26.4. The van der Waals surface area contributed by atoms with Gasteiger partial charge in [-0.3, -0.25) is 9.69 Å². The van der Waals surface area contributed by atoms with Crippen molar-refractivity contribution in [3.8, 4) is 0 Å². The summed E-state index contributed by atoms with van der Waals surface area (Å²) in [5.41, 5.74) is 3.13. The molecule has 0 saturated heterocycles. The van der Waals surface area contributed by atoms with Crippen molar-refractivity contribution in [1.29, 1.82) is 0 Å². The highest BCUT2D eigenvalue weighted by atomic mass is 32.2. The number of aromatic nitrogens is 1. The van der Waals surface area contributed by atoms with Crippen molar-refractivity contribution in [1.82, 2.24) is 9.88 Å². The molecule has 3 rings (SSSR count). The van der Waals surface area contributed by atoms with E-state index >= 15 is 0 Å². The van der Waals surface area contributed by atoms with Crippen LogP contribution in [0.25, 0.3) is 10.2 Å². The molecular weight excluding hydrogens is 454 g/mol. The molecule has 2 aromatic carbocycles. The zero-order valence-corrected chi connectivity index (χ0v) is 21.5. The van der Waals surface area contributed by atoms with E-state index in [1.165, 1.54) is 16.9 Å². The first-order chi connectivity index (χ1) is 15.7. The van der Waals surface area contributed by atoms with Crippen molar-refractivity contribution in [3.05, 3.63) is 53.6 Å². The monoisotopic (exact) mass is 487 g/mol. The summed E-state index contributed by atoms with van der Waals surface area (Å²) in [6, 6.07) is 13.0. The molecule has 1 aromatic heterocycles. The lowest BCUT2D eigenvalue weighted by atomic mass is 10.1. The number of hydrogen-bond donors (Lipinski definition) is 0. The van der Waals surface area contributed by atoms with Gasteiger partial charge in [0.25, 0.3) is 0 Å². The Morgan fingerprint density at radius 2 is 1.76 bits per heavy atom. The van der Waals surface area contributed by atoms with Crippen LogP contribution in [0.5, 0.6) is 0 Å². The molecule has 0 aliphatic rings. The third-order valence-electron chi connectivity index (χ3n) is 5.57. The number of rotatable bonds is 11. The van der Waals surface area contributed by atoms with Crippen LogP contribution < -0.4 is 4.90 Å². The van der Waals surface area contributed by atoms with Gasteiger partial charge in [0.1, 0.15) is 0 Å². The van der Waals surface area contributed by atoms with Crippen LogP contribution >= 0.6 is 11.3 Å². The van der Waals surface area contributed by atoms with E-state index in [9.17, 15) is 13.2 Å². The second-order valence-corrected chi connectivity index (χ2v) is 11.7. The summed E-state index contributed by atoms with van der Waals surface area (Å²) in [4.78, 5) is 22.1. The molecule has 0 radical (unpaired) electrons. The van der Waals surface area contributed by atoms with Crippen LogP contribution in [-0.4, -0.2) is 57.1 Å². The van der Waals surface area contributed by atoms with Crippen LogP contribution in [0.3, 0.4) is 0 Å². The van der Waals surface area contributed by atoms with Gasteiger partial charge in [-0.05, 0) is 70.6 Å². The predicted molar refractivity (Wildman–Crippen MR) is 137 cm³/mol. The number of anilines is 1. The fourth-order valence-corrected chi connectivity index (χ4v) is 6.05. The predicted octanol–water partition coefficient (Wildman–Crippen LogP) is 4.71. The van der Waals surface area contributed by atoms with Crippen molar-refractivity contribution in [2.45, 2.75) is 44.4 Å². The van der Waals surface area contributed by atoms with Gasteiger partial charge in [0.05, 0.1) is 20.9 Å². The number of benzene rings is 2. The minimum Gasteiger partial charge on any atom is -0.309 e. The molecule has 0 spiro atoms. The van der Waals surface area contributed by atoms with Crippen molar-refractivity contribution < 1.29 is 13.2 Å². The number of hydrogen-bond acceptors (Lipinski definition) is 6. The Labute approximate surface area is 201 Å². The van der Waals surface area contributed by atoms with E-state index in [4.69, 9.17) is 4.98 Å². The first-order valence-electron chi connectivity index (χ1n) is 11.3. The Hall–Kier alpha value is -2.29. The van der Waals surface area contributed by atoms with Gasteiger partial charge in [0.15, 0.2) is 15.0 Å². The summed E-state index contributed by atoms with van der Waals surface area (Å²) in [6.45, 7) is 5.44. The number of amides is 1. The summed E-state index contributed by atoms with van der Waals surface area (Å²) in [5.74, 6) is -0.127. The summed E-state index contributed by atoms with van der Waals surface area (Å²) >= 11 is 1.52. The van der Waals surface area contributed by atoms with Crippen molar-refractivity contribution in [3.63, 3.8) is 0 Å². The molecule has 1 amide bonds. The number of aryl methyl sites for hydroxylation is 2. The van der Waals surface area contributed by atoms with E-state index in [0.717, 1.165) is 35.2 Å². The highest BCUT2D eigenvalue weighted by Gasteiger charge is 2.22. The van der Waals surface area contributed by atoms with Crippen LogP contribution in [0.4, 0.5) is 5.13 Å². The van der Waals surface area contributed by atoms with Crippen LogP contribution in [0.15, 0.2) is 47.4 Å². The number of carbonyl (C=O) groups excluding carboxylic acids is 1. The Morgan fingerprint density at radius 3 is 2.42 bits per heavy atom. The van der Waals surface area contributed by atoms with E-state index < -0.39 is 9.84 Å². The zero-order valence-electron chi connectivity index (χ0n) is 19.9. The zero-order chi connectivity index (χ0) is 24.0. The quantitative estimate of drug-likeness (QED) is 0.392. The van der Waals surface area contributed by atoms with Gasteiger partial charge in [-0.2, -0.15) is 0 Å². The lowest BCUT2D eigenvalue weighted by Gasteiger charge is -2.21. The van der Waals surface area contributed by atoms with E-state index in [0.29, 0.717) is 16.6 Å². The van der Waals surface area contributed by atoms with Crippen molar-refractivity contribution in [2.75, 3.05) is 37.8 Å². The lowest BCUT2D eigenvalue weighted by molar-refractivity contribution is -0.118. The van der Waals surface area contributed by atoms with E-state index in [1.54, 1.807) is 29.2 Å². The van der Waals surface area contributed by atoms with Gasteiger partial charge >= 0.3 is 0 Å². The molecule has 0 aliphatic carbocycles. The maximum Gasteiger partial charge on any atom is 0.228 e. The molecule has 0 saturated carbocycles. The van der Waals surface area contributed by atoms with Gasteiger partial charge < -0.3 is 4.90 Å². The molecule has 1 heterocycles. The van der Waals surface area contributed by atoms with Crippen LogP contribution in [0.1, 0.15) is 37.3 Å². The average Bonchev–Trinajstić information content (AvgIpc) is 3.20. The largest absolute Gasteiger partial charge is 0.309 e. The van der Waals surface area contributed by atoms with Gasteiger partial charge in [-0.15, -0.1) is 0 Å². The second-order valence-electron chi connectivity index (χ2n) is 8.55. The van der Waals surface area contributed by atoms with Gasteiger partial charge in [-0.1, -0.05) is 48.1 Å². The highest BCUT2D eigenvalue weighted by Crippen LogP contribution is 2.31. The molecule has 33 heavy (non-hydrogen) atoms. The smallest absolute Gasteiger partial charge is 0.228 e. The Kier molecular flexibility index (Phi) is 8.62. The average molecular weight is 488 g/mol. The summed E-state index contributed by atoms with van der Waals surface area (Å²) in [7, 11) is 0.603. The standard InChI is InChI=1S/C25H33N3O3S2/c1-5-20-9-6-10-22-24(20)26-25(32-22)28(17-8-16-27(3)4)23(29)11-7-18-33(30,31)21-14-12-19(2)13-15-21/h6,9-10,12-15H,5,7-8,11,16-18H2,1-4H3. The first kappa shape index (κ1) is 25.3. The first-order valence-corrected chi connectivity index (χ1v) is 13.8. The molecule has 6 nitrogen and oxygen atoms in total. The summed E-state index contributed by atoms with van der Waals surface area (Å²) in [5, 5.41) is 0.691. The highest BCUT2D eigenvalue weighted by molar-refractivity contribution is 7.91. The number of thiazole rings is 1. The number of carbonyl (C=O) groups is 1. The van der Waals surface area contributed by atoms with Crippen molar-refractivity contribution in [2.24, 2.45) is 0 Å². The molecule has 3 aromatic rings. The fraction of sp³-hybridized carbons (Fsp3) is 0.440. The van der Waals surface area contributed by atoms with Crippen LogP contribution in [-0.2, 0) is 21.1 Å².